The second-order valence-corrected chi connectivity index (χ2v) is 10.8. The van der Waals surface area contributed by atoms with Crippen LogP contribution >= 0.6 is 0 Å². The molecule has 2 heterocycles. The zero-order valence-electron chi connectivity index (χ0n) is 23.2. The van der Waals surface area contributed by atoms with E-state index in [0.29, 0.717) is 17.9 Å². The monoisotopic (exact) mass is 517 g/mol. The average Bonchev–Trinajstić information content (AvgIpc) is 3.17. The highest BCUT2D eigenvalue weighted by Crippen LogP contribution is 2.43. The van der Waals surface area contributed by atoms with Crippen molar-refractivity contribution in [1.29, 1.82) is 0 Å². The molecule has 0 spiro atoms. The highest BCUT2D eigenvalue weighted by Gasteiger charge is 2.45. The SMILES string of the molecule is COC(=O)[C@@H]1Cc2c([nH]c3cc(OC)c(OC)cc23)[C@H](CC(C)C)N1C(=O)[C@H](C)NC(=O)OC(C)(C)C. The molecule has 37 heavy (non-hydrogen) atoms. The van der Waals surface area contributed by atoms with Gasteiger partial charge in [-0.2, -0.15) is 0 Å². The molecule has 3 atom stereocenters. The van der Waals surface area contributed by atoms with Crippen LogP contribution < -0.4 is 14.8 Å². The Bertz CT molecular complexity index is 1160. The van der Waals surface area contributed by atoms with Gasteiger partial charge in [0.2, 0.25) is 5.91 Å². The number of alkyl carbamates (subject to hydrolysis) is 1. The van der Waals surface area contributed by atoms with Crippen LogP contribution in [0.3, 0.4) is 0 Å². The smallest absolute Gasteiger partial charge is 0.408 e. The number of nitrogens with one attached hydrogen (secondary N) is 2. The summed E-state index contributed by atoms with van der Waals surface area (Å²) in [5, 5.41) is 3.51. The molecule has 0 fully saturated rings. The van der Waals surface area contributed by atoms with Crippen molar-refractivity contribution in [2.24, 2.45) is 5.92 Å². The normalized spacial score (nSPS) is 18.3. The second kappa shape index (κ2) is 10.9. The number of rotatable bonds is 7. The maximum absolute atomic E-state index is 13.8. The van der Waals surface area contributed by atoms with Gasteiger partial charge in [0, 0.05) is 29.1 Å². The molecular weight excluding hydrogens is 478 g/mol. The number of aromatic nitrogens is 1. The summed E-state index contributed by atoms with van der Waals surface area (Å²) >= 11 is 0. The van der Waals surface area contributed by atoms with Crippen LogP contribution in [0, 0.1) is 5.92 Å². The summed E-state index contributed by atoms with van der Waals surface area (Å²) in [4.78, 5) is 44.3. The molecule has 0 unspecified atom stereocenters. The Kier molecular flexibility index (Phi) is 8.29. The van der Waals surface area contributed by atoms with E-state index in [1.165, 1.54) is 7.11 Å². The third-order valence-electron chi connectivity index (χ3n) is 6.37. The third kappa shape index (κ3) is 5.94. The summed E-state index contributed by atoms with van der Waals surface area (Å²) in [6.07, 6.45) is 0.134. The molecule has 0 bridgehead atoms. The third-order valence-corrected chi connectivity index (χ3v) is 6.37. The molecule has 204 valence electrons. The first kappa shape index (κ1) is 28.1. The van der Waals surface area contributed by atoms with Crippen molar-refractivity contribution in [1.82, 2.24) is 15.2 Å². The summed E-state index contributed by atoms with van der Waals surface area (Å²) in [5.41, 5.74) is 1.87. The van der Waals surface area contributed by atoms with Crippen LogP contribution in [0.25, 0.3) is 10.9 Å². The number of benzene rings is 1. The maximum atomic E-state index is 13.8. The molecule has 10 nitrogen and oxygen atoms in total. The number of nitrogens with zero attached hydrogens (tertiary/aromatic N) is 1. The molecule has 0 aliphatic carbocycles. The van der Waals surface area contributed by atoms with E-state index in [1.807, 2.05) is 12.1 Å². The van der Waals surface area contributed by atoms with Gasteiger partial charge in [0.1, 0.15) is 17.7 Å². The lowest BCUT2D eigenvalue weighted by Crippen LogP contribution is -2.57. The van der Waals surface area contributed by atoms with E-state index >= 15 is 0 Å². The summed E-state index contributed by atoms with van der Waals surface area (Å²) < 4.78 is 21.4. The van der Waals surface area contributed by atoms with Gasteiger partial charge in [-0.05, 0) is 51.7 Å². The van der Waals surface area contributed by atoms with Crippen LogP contribution in [-0.4, -0.2) is 66.9 Å². The minimum atomic E-state index is -0.928. The number of H-pyrrole nitrogens is 1. The number of hydrogen-bond acceptors (Lipinski definition) is 7. The van der Waals surface area contributed by atoms with E-state index in [2.05, 4.69) is 24.1 Å². The minimum absolute atomic E-state index is 0.203. The summed E-state index contributed by atoms with van der Waals surface area (Å²) in [7, 11) is 4.45. The van der Waals surface area contributed by atoms with Crippen molar-refractivity contribution in [2.45, 2.75) is 78.1 Å². The van der Waals surface area contributed by atoms with Crippen LogP contribution in [0.2, 0.25) is 0 Å². The lowest BCUT2D eigenvalue weighted by atomic mass is 9.87. The largest absolute Gasteiger partial charge is 0.493 e. The van der Waals surface area contributed by atoms with Crippen LogP contribution in [0.15, 0.2) is 12.1 Å². The number of carbonyl (C=O) groups excluding carboxylic acids is 3. The number of carbonyl (C=O) groups is 3. The van der Waals surface area contributed by atoms with Crippen LogP contribution in [0.5, 0.6) is 11.5 Å². The molecule has 0 saturated carbocycles. The lowest BCUT2D eigenvalue weighted by molar-refractivity contribution is -0.157. The fraction of sp³-hybridized carbons (Fsp3) is 0.593. The van der Waals surface area contributed by atoms with E-state index in [0.717, 1.165) is 22.2 Å². The standard InChI is InChI=1S/C27H39N3O7/c1-14(2)10-19-23-17(16-12-21(34-7)22(35-8)13-18(16)29-23)11-20(25(32)36-9)30(19)24(31)15(3)28-26(33)37-27(4,5)6/h12-15,19-20,29H,10-11H2,1-9H3,(H,28,33)/t15-,19-,20-/m0/s1. The maximum Gasteiger partial charge on any atom is 0.408 e. The molecule has 3 rings (SSSR count). The predicted molar refractivity (Wildman–Crippen MR) is 139 cm³/mol. The zero-order valence-corrected chi connectivity index (χ0v) is 23.2. The van der Waals surface area contributed by atoms with Crippen molar-refractivity contribution >= 4 is 28.9 Å². The first-order chi connectivity index (χ1) is 17.3. The number of fused-ring (bicyclic) bond motifs is 3. The number of ether oxygens (including phenoxy) is 4. The van der Waals surface area contributed by atoms with Crippen molar-refractivity contribution in [3.05, 3.63) is 23.4 Å². The number of amides is 2. The van der Waals surface area contributed by atoms with Gasteiger partial charge in [-0.25, -0.2) is 9.59 Å². The molecule has 2 aromatic rings. The fourth-order valence-corrected chi connectivity index (χ4v) is 4.84. The molecule has 1 aromatic carbocycles. The Balaban J connectivity index is 2.11. The van der Waals surface area contributed by atoms with Gasteiger partial charge in [0.25, 0.3) is 0 Å². The van der Waals surface area contributed by atoms with E-state index in [4.69, 9.17) is 18.9 Å². The topological polar surface area (TPSA) is 119 Å². The quantitative estimate of drug-likeness (QED) is 0.531. The molecule has 1 aliphatic heterocycles. The van der Waals surface area contributed by atoms with Gasteiger partial charge in [0.05, 0.1) is 27.4 Å². The van der Waals surface area contributed by atoms with Crippen molar-refractivity contribution in [3.8, 4) is 11.5 Å². The number of methoxy groups -OCH3 is 3. The first-order valence-corrected chi connectivity index (χ1v) is 12.5. The Labute approximate surface area is 217 Å². The number of aromatic amines is 1. The summed E-state index contributed by atoms with van der Waals surface area (Å²) in [6, 6.07) is 1.48. The van der Waals surface area contributed by atoms with Crippen molar-refractivity contribution in [2.75, 3.05) is 21.3 Å². The van der Waals surface area contributed by atoms with Gasteiger partial charge in [-0.3, -0.25) is 4.79 Å². The molecule has 0 radical (unpaired) electrons. The van der Waals surface area contributed by atoms with Crippen LogP contribution in [0.4, 0.5) is 4.79 Å². The van der Waals surface area contributed by atoms with Gasteiger partial charge >= 0.3 is 12.1 Å². The van der Waals surface area contributed by atoms with E-state index < -0.39 is 41.7 Å². The molecule has 2 N–H and O–H groups in total. The van der Waals surface area contributed by atoms with E-state index in [9.17, 15) is 14.4 Å². The molecule has 1 aromatic heterocycles. The van der Waals surface area contributed by atoms with E-state index in [1.54, 1.807) is 46.8 Å². The summed E-state index contributed by atoms with van der Waals surface area (Å²) in [6.45, 7) is 10.9. The predicted octanol–water partition coefficient (Wildman–Crippen LogP) is 4.11. The summed E-state index contributed by atoms with van der Waals surface area (Å²) in [5.74, 6) is 0.426. The molecular formula is C27H39N3O7. The van der Waals surface area contributed by atoms with Gasteiger partial charge in [-0.1, -0.05) is 13.8 Å². The van der Waals surface area contributed by atoms with Gasteiger partial charge < -0.3 is 34.1 Å². The van der Waals surface area contributed by atoms with Crippen molar-refractivity contribution in [3.63, 3.8) is 0 Å². The van der Waals surface area contributed by atoms with Gasteiger partial charge in [-0.15, -0.1) is 0 Å². The second-order valence-electron chi connectivity index (χ2n) is 10.8. The minimum Gasteiger partial charge on any atom is -0.493 e. The first-order valence-electron chi connectivity index (χ1n) is 12.5. The molecule has 2 amide bonds. The van der Waals surface area contributed by atoms with Gasteiger partial charge in [0.15, 0.2) is 11.5 Å². The Morgan fingerprint density at radius 1 is 1.08 bits per heavy atom. The Morgan fingerprint density at radius 3 is 2.24 bits per heavy atom. The van der Waals surface area contributed by atoms with Crippen LogP contribution in [-0.2, 0) is 25.5 Å². The van der Waals surface area contributed by atoms with Crippen LogP contribution in [0.1, 0.15) is 65.3 Å². The molecule has 10 heteroatoms. The molecule has 1 aliphatic rings. The Morgan fingerprint density at radius 2 is 1.70 bits per heavy atom. The zero-order chi connectivity index (χ0) is 27.7. The number of esters is 1. The fourth-order valence-electron chi connectivity index (χ4n) is 4.84. The lowest BCUT2D eigenvalue weighted by Gasteiger charge is -2.42. The molecule has 0 saturated heterocycles. The number of hydrogen-bond donors (Lipinski definition) is 2. The highest BCUT2D eigenvalue weighted by molar-refractivity contribution is 5.93. The van der Waals surface area contributed by atoms with Crippen molar-refractivity contribution < 1.29 is 33.3 Å². The average molecular weight is 518 g/mol. The Hall–Kier alpha value is -3.43. The highest BCUT2D eigenvalue weighted by atomic mass is 16.6. The van der Waals surface area contributed by atoms with E-state index in [-0.39, 0.29) is 12.3 Å².